The molecule has 0 saturated heterocycles. The summed E-state index contributed by atoms with van der Waals surface area (Å²) in [6.07, 6.45) is 0.324. The largest absolute Gasteiger partial charge is 0.360 e. The number of rotatable bonds is 8. The average Bonchev–Trinajstić information content (AvgIpc) is 3.42. The fourth-order valence-electron chi connectivity index (χ4n) is 3.84. The minimum atomic E-state index is -3.34. The SMILES string of the molecule is CCCC(O)(O)c1nc(Cl)c(C(O)(O)O)n1Cc1ccc(-c2ccccc2-c2nn[nH]n2)cc1. The van der Waals surface area contributed by atoms with Crippen LogP contribution in [0.1, 0.15) is 36.8 Å². The molecule has 178 valence electrons. The molecule has 2 aromatic heterocycles. The van der Waals surface area contributed by atoms with Gasteiger partial charge in [-0.05, 0) is 21.9 Å². The number of halogens is 1. The molecule has 0 aliphatic heterocycles. The maximum atomic E-state index is 10.5. The number of tetrazole rings is 1. The van der Waals surface area contributed by atoms with Gasteiger partial charge in [-0.3, -0.25) is 0 Å². The highest BCUT2D eigenvalue weighted by Crippen LogP contribution is 2.33. The second-order valence-corrected chi connectivity index (χ2v) is 8.20. The maximum absolute atomic E-state index is 10.5. The fourth-order valence-corrected chi connectivity index (χ4v) is 4.15. The molecular formula is C22H23ClN6O5. The predicted molar refractivity (Wildman–Crippen MR) is 121 cm³/mol. The Kier molecular flexibility index (Phi) is 6.49. The lowest BCUT2D eigenvalue weighted by Crippen LogP contribution is -2.33. The van der Waals surface area contributed by atoms with Crippen molar-refractivity contribution in [2.45, 2.75) is 38.1 Å². The van der Waals surface area contributed by atoms with Gasteiger partial charge in [-0.25, -0.2) is 4.98 Å². The monoisotopic (exact) mass is 486 g/mol. The first-order valence-electron chi connectivity index (χ1n) is 10.4. The summed E-state index contributed by atoms with van der Waals surface area (Å²) in [7, 11) is 0. The van der Waals surface area contributed by atoms with E-state index >= 15 is 0 Å². The first kappa shape index (κ1) is 24.0. The Labute approximate surface area is 198 Å². The van der Waals surface area contributed by atoms with Crippen LogP contribution in [0.2, 0.25) is 5.15 Å². The van der Waals surface area contributed by atoms with E-state index in [4.69, 9.17) is 11.6 Å². The van der Waals surface area contributed by atoms with Gasteiger partial charge in [0.25, 0.3) is 0 Å². The average molecular weight is 487 g/mol. The molecule has 34 heavy (non-hydrogen) atoms. The molecule has 0 radical (unpaired) electrons. The molecule has 0 atom stereocenters. The van der Waals surface area contributed by atoms with E-state index in [0.29, 0.717) is 17.8 Å². The summed E-state index contributed by atoms with van der Waals surface area (Å²) >= 11 is 6.03. The number of H-pyrrole nitrogens is 1. The van der Waals surface area contributed by atoms with Crippen LogP contribution in [0.25, 0.3) is 22.5 Å². The normalized spacial score (nSPS) is 12.3. The number of nitrogens with zero attached hydrogens (tertiary/aromatic N) is 5. The summed E-state index contributed by atoms with van der Waals surface area (Å²) in [4.78, 5) is 3.89. The summed E-state index contributed by atoms with van der Waals surface area (Å²) in [6, 6.07) is 14.8. The van der Waals surface area contributed by atoms with Gasteiger partial charge >= 0.3 is 5.97 Å². The highest BCUT2D eigenvalue weighted by molar-refractivity contribution is 6.30. The van der Waals surface area contributed by atoms with Crippen LogP contribution in [-0.2, 0) is 18.3 Å². The lowest BCUT2D eigenvalue weighted by atomic mass is 9.98. The Bertz CT molecular complexity index is 1270. The number of aliphatic hydroxyl groups is 5. The van der Waals surface area contributed by atoms with Crippen molar-refractivity contribution in [1.82, 2.24) is 30.2 Å². The second-order valence-electron chi connectivity index (χ2n) is 7.84. The zero-order valence-corrected chi connectivity index (χ0v) is 18.8. The molecule has 0 amide bonds. The predicted octanol–water partition coefficient (Wildman–Crippen LogP) is 1.46. The summed E-state index contributed by atoms with van der Waals surface area (Å²) in [5.74, 6) is -5.60. The zero-order chi connectivity index (χ0) is 24.5. The van der Waals surface area contributed by atoms with Gasteiger partial charge in [-0.1, -0.05) is 73.5 Å². The molecule has 0 aliphatic carbocycles. The molecule has 0 aliphatic rings. The molecule has 0 bridgehead atoms. The molecule has 0 saturated carbocycles. The standard InChI is InChI=1S/C22H23ClN6O5/c1-2-11-21(30,31)20-24-18(23)17(22(32,33)34)29(20)12-13-7-9-14(10-8-13)15-5-3-4-6-16(15)19-25-27-28-26-19/h3-10,30-34H,2,11-12H2,1H3,(H,25,26,27,28). The molecule has 12 heteroatoms. The Hall–Kier alpha value is -3.19. The minimum absolute atomic E-state index is 0.0762. The van der Waals surface area contributed by atoms with Gasteiger partial charge in [0.1, 0.15) is 5.69 Å². The second kappa shape index (κ2) is 9.22. The molecule has 4 aromatic rings. The van der Waals surface area contributed by atoms with Crippen molar-refractivity contribution in [3.05, 3.63) is 70.8 Å². The zero-order valence-electron chi connectivity index (χ0n) is 18.1. The Morgan fingerprint density at radius 3 is 2.24 bits per heavy atom. The van der Waals surface area contributed by atoms with Crippen molar-refractivity contribution < 1.29 is 25.5 Å². The van der Waals surface area contributed by atoms with E-state index in [2.05, 4.69) is 25.6 Å². The van der Waals surface area contributed by atoms with E-state index in [1.54, 1.807) is 19.1 Å². The lowest BCUT2D eigenvalue weighted by molar-refractivity contribution is -0.327. The third-order valence-corrected chi connectivity index (χ3v) is 5.58. The van der Waals surface area contributed by atoms with Crippen molar-refractivity contribution >= 4 is 11.6 Å². The van der Waals surface area contributed by atoms with Gasteiger partial charge in [0.2, 0.25) is 11.6 Å². The van der Waals surface area contributed by atoms with Gasteiger partial charge < -0.3 is 30.1 Å². The van der Waals surface area contributed by atoms with E-state index in [1.165, 1.54) is 0 Å². The van der Waals surface area contributed by atoms with Gasteiger partial charge in [0.05, 0.1) is 0 Å². The summed E-state index contributed by atoms with van der Waals surface area (Å²) < 4.78 is 1.08. The van der Waals surface area contributed by atoms with Crippen LogP contribution in [-0.4, -0.2) is 55.7 Å². The Morgan fingerprint density at radius 2 is 1.65 bits per heavy atom. The van der Waals surface area contributed by atoms with Crippen LogP contribution >= 0.6 is 11.6 Å². The van der Waals surface area contributed by atoms with Crippen LogP contribution in [0.15, 0.2) is 48.5 Å². The summed E-state index contributed by atoms with van der Waals surface area (Å²) in [5, 5.41) is 64.2. The van der Waals surface area contributed by atoms with Crippen molar-refractivity contribution in [2.24, 2.45) is 0 Å². The summed E-state index contributed by atoms with van der Waals surface area (Å²) in [5.41, 5.74) is 2.59. The summed E-state index contributed by atoms with van der Waals surface area (Å²) in [6.45, 7) is 1.67. The minimum Gasteiger partial charge on any atom is -0.360 e. The molecule has 2 heterocycles. The van der Waals surface area contributed by atoms with Crippen molar-refractivity contribution in [1.29, 1.82) is 0 Å². The van der Waals surface area contributed by atoms with Gasteiger partial charge in [0.15, 0.2) is 11.0 Å². The van der Waals surface area contributed by atoms with Gasteiger partial charge in [-0.2, -0.15) is 5.21 Å². The van der Waals surface area contributed by atoms with E-state index in [1.807, 2.05) is 36.4 Å². The Morgan fingerprint density at radius 1 is 0.971 bits per heavy atom. The van der Waals surface area contributed by atoms with E-state index in [0.717, 1.165) is 21.3 Å². The number of aromatic amines is 1. The topological polar surface area (TPSA) is 173 Å². The Balaban J connectivity index is 1.72. The number of nitrogens with one attached hydrogen (secondary N) is 1. The van der Waals surface area contributed by atoms with Gasteiger partial charge in [0, 0.05) is 18.5 Å². The highest BCUT2D eigenvalue weighted by Gasteiger charge is 2.39. The van der Waals surface area contributed by atoms with Crippen molar-refractivity contribution in [2.75, 3.05) is 0 Å². The number of hydrogen-bond acceptors (Lipinski definition) is 9. The highest BCUT2D eigenvalue weighted by atomic mass is 35.5. The molecule has 0 spiro atoms. The van der Waals surface area contributed by atoms with Crippen LogP contribution in [0.4, 0.5) is 0 Å². The lowest BCUT2D eigenvalue weighted by Gasteiger charge is -2.24. The molecule has 2 aromatic carbocycles. The van der Waals surface area contributed by atoms with Crippen LogP contribution in [0, 0.1) is 0 Å². The van der Waals surface area contributed by atoms with Crippen LogP contribution < -0.4 is 0 Å². The van der Waals surface area contributed by atoms with Crippen LogP contribution in [0.3, 0.4) is 0 Å². The molecular weight excluding hydrogens is 464 g/mol. The molecule has 6 N–H and O–H groups in total. The van der Waals surface area contributed by atoms with Crippen molar-refractivity contribution in [3.8, 4) is 22.5 Å². The van der Waals surface area contributed by atoms with E-state index in [9.17, 15) is 25.5 Å². The van der Waals surface area contributed by atoms with Gasteiger partial charge in [-0.15, -0.1) is 10.2 Å². The smallest absolute Gasteiger partial charge is 0.323 e. The number of hydrogen-bond donors (Lipinski definition) is 6. The fraction of sp³-hybridized carbons (Fsp3) is 0.273. The van der Waals surface area contributed by atoms with E-state index < -0.39 is 22.6 Å². The molecule has 0 unspecified atom stereocenters. The molecule has 11 nitrogen and oxygen atoms in total. The first-order chi connectivity index (χ1) is 16.1. The maximum Gasteiger partial charge on any atom is 0.323 e. The van der Waals surface area contributed by atoms with Crippen LogP contribution in [0.5, 0.6) is 0 Å². The van der Waals surface area contributed by atoms with E-state index in [-0.39, 0.29) is 18.8 Å². The first-order valence-corrected chi connectivity index (χ1v) is 10.8. The van der Waals surface area contributed by atoms with Crippen molar-refractivity contribution in [3.63, 3.8) is 0 Å². The molecule has 4 rings (SSSR count). The third-order valence-electron chi connectivity index (χ3n) is 5.32. The number of benzene rings is 2. The number of imidazole rings is 1. The number of aromatic nitrogens is 6. The molecule has 0 fully saturated rings. The third kappa shape index (κ3) is 4.71. The quantitative estimate of drug-likeness (QED) is 0.201.